The average molecular weight is 299 g/mol. The van der Waals surface area contributed by atoms with Gasteiger partial charge in [0.1, 0.15) is 0 Å². The highest BCUT2D eigenvalue weighted by molar-refractivity contribution is 6.34. The van der Waals surface area contributed by atoms with Gasteiger partial charge in [0.15, 0.2) is 5.84 Å². The van der Waals surface area contributed by atoms with Crippen molar-refractivity contribution in [2.45, 2.75) is 13.3 Å². The van der Waals surface area contributed by atoms with Crippen molar-refractivity contribution in [3.05, 3.63) is 28.8 Å². The Morgan fingerprint density at radius 1 is 1.30 bits per heavy atom. The minimum Gasteiger partial charge on any atom is -0.409 e. The fraction of sp³-hybridized carbons (Fsp3) is 0.500. The van der Waals surface area contributed by atoms with Crippen molar-refractivity contribution in [3.63, 3.8) is 0 Å². The van der Waals surface area contributed by atoms with Crippen LogP contribution in [0.1, 0.15) is 18.9 Å². The van der Waals surface area contributed by atoms with Gasteiger partial charge in [0.25, 0.3) is 0 Å². The predicted octanol–water partition coefficient (Wildman–Crippen LogP) is 2.21. The van der Waals surface area contributed by atoms with Gasteiger partial charge in [0.2, 0.25) is 0 Å². The highest BCUT2D eigenvalue weighted by atomic mass is 35.5. The number of rotatable bonds is 7. The maximum absolute atomic E-state index is 8.94. The number of halogens is 1. The highest BCUT2D eigenvalue weighted by Gasteiger charge is 2.16. The number of hydrogen-bond acceptors (Lipinski definition) is 4. The van der Waals surface area contributed by atoms with Gasteiger partial charge in [-0.3, -0.25) is 0 Å². The van der Waals surface area contributed by atoms with Crippen LogP contribution in [0.15, 0.2) is 23.4 Å². The van der Waals surface area contributed by atoms with Crippen LogP contribution in [0.5, 0.6) is 0 Å². The number of anilines is 1. The zero-order valence-electron chi connectivity index (χ0n) is 12.3. The molecular formula is C14H23ClN4O. The fourth-order valence-corrected chi connectivity index (χ4v) is 2.29. The van der Waals surface area contributed by atoms with Gasteiger partial charge in [-0.25, -0.2) is 0 Å². The topological polar surface area (TPSA) is 65.1 Å². The maximum Gasteiger partial charge on any atom is 0.173 e. The summed E-state index contributed by atoms with van der Waals surface area (Å²) in [4.78, 5) is 4.33. The third-order valence-electron chi connectivity index (χ3n) is 3.01. The Balaban J connectivity index is 3.15. The molecule has 0 aliphatic heterocycles. The molecule has 0 bridgehead atoms. The number of benzene rings is 1. The summed E-state index contributed by atoms with van der Waals surface area (Å²) in [6, 6.07) is 5.57. The lowest BCUT2D eigenvalue weighted by molar-refractivity contribution is 0.318. The molecule has 0 aliphatic carbocycles. The Morgan fingerprint density at radius 3 is 2.55 bits per heavy atom. The van der Waals surface area contributed by atoms with E-state index >= 15 is 0 Å². The zero-order valence-corrected chi connectivity index (χ0v) is 13.1. The minimum absolute atomic E-state index is 0.0385. The molecule has 1 aromatic rings. The first-order valence-corrected chi connectivity index (χ1v) is 7.05. The largest absolute Gasteiger partial charge is 0.409 e. The number of oxime groups is 1. The van der Waals surface area contributed by atoms with E-state index in [1.165, 1.54) is 0 Å². The van der Waals surface area contributed by atoms with E-state index in [2.05, 4.69) is 21.9 Å². The Morgan fingerprint density at radius 2 is 2.00 bits per heavy atom. The van der Waals surface area contributed by atoms with Crippen molar-refractivity contribution in [2.75, 3.05) is 38.6 Å². The van der Waals surface area contributed by atoms with E-state index < -0.39 is 0 Å². The third-order valence-corrected chi connectivity index (χ3v) is 3.32. The number of likely N-dealkylation sites (N-methyl/N-ethyl adjacent to an activating group) is 1. The van der Waals surface area contributed by atoms with Crippen LogP contribution in [0.3, 0.4) is 0 Å². The molecule has 0 saturated carbocycles. The van der Waals surface area contributed by atoms with Crippen LogP contribution in [0, 0.1) is 0 Å². The predicted molar refractivity (Wildman–Crippen MR) is 85.0 cm³/mol. The molecule has 0 aromatic heterocycles. The lowest BCUT2D eigenvalue weighted by Gasteiger charge is -2.28. The molecule has 0 spiro atoms. The summed E-state index contributed by atoms with van der Waals surface area (Å²) in [5, 5.41) is 12.5. The van der Waals surface area contributed by atoms with Crippen LogP contribution in [-0.2, 0) is 0 Å². The van der Waals surface area contributed by atoms with E-state index in [0.29, 0.717) is 10.6 Å². The van der Waals surface area contributed by atoms with Crippen LogP contribution in [0.25, 0.3) is 0 Å². The second-order valence-corrected chi connectivity index (χ2v) is 5.32. The first-order chi connectivity index (χ1) is 9.51. The first kappa shape index (κ1) is 16.6. The van der Waals surface area contributed by atoms with Crippen LogP contribution < -0.4 is 10.6 Å². The molecule has 3 N–H and O–H groups in total. The Hall–Kier alpha value is -1.46. The van der Waals surface area contributed by atoms with Crippen molar-refractivity contribution >= 4 is 23.1 Å². The van der Waals surface area contributed by atoms with E-state index in [1.54, 1.807) is 6.07 Å². The van der Waals surface area contributed by atoms with Crippen LogP contribution in [-0.4, -0.2) is 49.7 Å². The van der Waals surface area contributed by atoms with Gasteiger partial charge in [-0.15, -0.1) is 0 Å². The van der Waals surface area contributed by atoms with Gasteiger partial charge in [0, 0.05) is 25.3 Å². The molecular weight excluding hydrogens is 276 g/mol. The first-order valence-electron chi connectivity index (χ1n) is 6.67. The minimum atomic E-state index is 0.0385. The van der Waals surface area contributed by atoms with E-state index in [1.807, 2.05) is 26.2 Å². The molecule has 0 saturated heterocycles. The second kappa shape index (κ2) is 7.97. The van der Waals surface area contributed by atoms with Crippen molar-refractivity contribution in [1.29, 1.82) is 0 Å². The second-order valence-electron chi connectivity index (χ2n) is 4.91. The molecule has 0 aliphatic rings. The molecule has 20 heavy (non-hydrogen) atoms. The average Bonchev–Trinajstić information content (AvgIpc) is 2.42. The molecule has 0 heterocycles. The molecule has 1 rings (SSSR count). The summed E-state index contributed by atoms with van der Waals surface area (Å²) in [6.07, 6.45) is 1.01. The van der Waals surface area contributed by atoms with Crippen LogP contribution in [0.4, 0.5) is 5.69 Å². The fourth-order valence-electron chi connectivity index (χ4n) is 2.02. The third kappa shape index (κ3) is 4.28. The standard InChI is InChI=1S/C14H23ClN4O/c1-4-8-19(10-9-18(2)3)12-7-5-6-11(15)13(12)14(16)17-20/h5-7,20H,4,8-10H2,1-3H3,(H2,16,17). The molecule has 6 heteroatoms. The van der Waals surface area contributed by atoms with Gasteiger partial charge >= 0.3 is 0 Å². The highest BCUT2D eigenvalue weighted by Crippen LogP contribution is 2.27. The Kier molecular flexibility index (Phi) is 6.61. The van der Waals surface area contributed by atoms with Crippen molar-refractivity contribution in [2.24, 2.45) is 10.9 Å². The lowest BCUT2D eigenvalue weighted by atomic mass is 10.1. The summed E-state index contributed by atoms with van der Waals surface area (Å²) in [5.74, 6) is 0.0385. The molecule has 1 aromatic carbocycles. The smallest absolute Gasteiger partial charge is 0.173 e. The SMILES string of the molecule is CCCN(CCN(C)C)c1cccc(Cl)c1C(N)=NO. The number of amidine groups is 1. The lowest BCUT2D eigenvalue weighted by Crippen LogP contribution is -2.34. The van der Waals surface area contributed by atoms with Gasteiger partial charge in [-0.1, -0.05) is 29.7 Å². The van der Waals surface area contributed by atoms with E-state index in [-0.39, 0.29) is 5.84 Å². The number of hydrogen-bond donors (Lipinski definition) is 2. The molecule has 5 nitrogen and oxygen atoms in total. The number of nitrogens with two attached hydrogens (primary N) is 1. The van der Waals surface area contributed by atoms with Crippen molar-refractivity contribution in [1.82, 2.24) is 4.90 Å². The molecule has 0 fully saturated rings. The molecule has 0 radical (unpaired) electrons. The van der Waals surface area contributed by atoms with Crippen LogP contribution >= 0.6 is 11.6 Å². The van der Waals surface area contributed by atoms with Gasteiger partial charge < -0.3 is 20.7 Å². The van der Waals surface area contributed by atoms with E-state index in [0.717, 1.165) is 31.7 Å². The summed E-state index contributed by atoms with van der Waals surface area (Å²) in [5.41, 5.74) is 7.25. The zero-order chi connectivity index (χ0) is 15.1. The summed E-state index contributed by atoms with van der Waals surface area (Å²) >= 11 is 6.20. The summed E-state index contributed by atoms with van der Waals surface area (Å²) < 4.78 is 0. The maximum atomic E-state index is 8.94. The Bertz CT molecular complexity index is 462. The summed E-state index contributed by atoms with van der Waals surface area (Å²) in [7, 11) is 4.07. The molecule has 0 amide bonds. The van der Waals surface area contributed by atoms with E-state index in [4.69, 9.17) is 22.5 Å². The van der Waals surface area contributed by atoms with Crippen molar-refractivity contribution < 1.29 is 5.21 Å². The van der Waals surface area contributed by atoms with Gasteiger partial charge in [0.05, 0.1) is 10.6 Å². The molecule has 112 valence electrons. The normalized spacial score (nSPS) is 11.9. The molecule has 0 atom stereocenters. The van der Waals surface area contributed by atoms with Gasteiger partial charge in [-0.2, -0.15) is 0 Å². The van der Waals surface area contributed by atoms with Crippen molar-refractivity contribution in [3.8, 4) is 0 Å². The quantitative estimate of drug-likeness (QED) is 0.351. The van der Waals surface area contributed by atoms with Gasteiger partial charge in [-0.05, 0) is 32.6 Å². The molecule has 0 unspecified atom stereocenters. The van der Waals surface area contributed by atoms with Crippen LogP contribution in [0.2, 0.25) is 5.02 Å². The number of nitrogens with zero attached hydrogens (tertiary/aromatic N) is 3. The van der Waals surface area contributed by atoms with E-state index in [9.17, 15) is 0 Å². The monoisotopic (exact) mass is 298 g/mol. The Labute approximate surface area is 125 Å². The summed E-state index contributed by atoms with van der Waals surface area (Å²) in [6.45, 7) is 4.78.